The van der Waals surface area contributed by atoms with Gasteiger partial charge in [-0.25, -0.2) is 13.4 Å². The van der Waals surface area contributed by atoms with Crippen LogP contribution >= 0.6 is 0 Å². The van der Waals surface area contributed by atoms with E-state index in [-0.39, 0.29) is 25.0 Å². The maximum Gasteiger partial charge on any atom is 0.433 e. The summed E-state index contributed by atoms with van der Waals surface area (Å²) in [4.78, 5) is 5.00. The van der Waals surface area contributed by atoms with Crippen LogP contribution in [-0.2, 0) is 22.4 Å². The lowest BCUT2D eigenvalue weighted by atomic mass is 10.2. The lowest BCUT2D eigenvalue weighted by molar-refractivity contribution is -0.141. The summed E-state index contributed by atoms with van der Waals surface area (Å²) in [6.07, 6.45) is -9.43. The maximum atomic E-state index is 13.0. The van der Waals surface area contributed by atoms with Gasteiger partial charge in [0.15, 0.2) is 0 Å². The summed E-state index contributed by atoms with van der Waals surface area (Å²) >= 11 is 0. The second kappa shape index (κ2) is 8.44. The molecule has 2 atom stereocenters. The van der Waals surface area contributed by atoms with Crippen molar-refractivity contribution in [3.05, 3.63) is 53.7 Å². The number of piperazine rings is 1. The largest absolute Gasteiger partial charge is 0.473 e. The highest BCUT2D eigenvalue weighted by Gasteiger charge is 2.42. The van der Waals surface area contributed by atoms with Crippen LogP contribution < -0.4 is 4.74 Å². The number of alkyl halides is 6. The second-order valence-corrected chi connectivity index (χ2v) is 9.81. The Kier molecular flexibility index (Phi) is 6.08. The molecule has 0 spiro atoms. The summed E-state index contributed by atoms with van der Waals surface area (Å²) in [6.45, 7) is 0.802. The fraction of sp³-hybridized carbons (Fsp3) is 0.450. The lowest BCUT2D eigenvalue weighted by Crippen LogP contribution is -2.51. The normalized spacial score (nSPS) is 22.8. The van der Waals surface area contributed by atoms with Crippen molar-refractivity contribution in [2.24, 2.45) is 0 Å². The number of rotatable bonds is 4. The molecule has 2 aliphatic heterocycles. The van der Waals surface area contributed by atoms with Crippen molar-refractivity contribution in [1.29, 1.82) is 0 Å². The van der Waals surface area contributed by atoms with Gasteiger partial charge in [-0.1, -0.05) is 12.1 Å². The number of halogens is 6. The van der Waals surface area contributed by atoms with Crippen LogP contribution in [0.4, 0.5) is 26.3 Å². The van der Waals surface area contributed by atoms with E-state index in [2.05, 4.69) is 4.98 Å². The van der Waals surface area contributed by atoms with E-state index in [1.54, 1.807) is 0 Å². The second-order valence-electron chi connectivity index (χ2n) is 7.87. The first-order valence-corrected chi connectivity index (χ1v) is 11.4. The molecule has 2 fully saturated rings. The molecular formula is C20H19F6N3O3S. The highest BCUT2D eigenvalue weighted by Crippen LogP contribution is 2.33. The Morgan fingerprint density at radius 2 is 1.67 bits per heavy atom. The average molecular weight is 495 g/mol. The van der Waals surface area contributed by atoms with Crippen molar-refractivity contribution < 1.29 is 39.5 Å². The van der Waals surface area contributed by atoms with E-state index in [0.29, 0.717) is 25.6 Å². The third-order valence-corrected chi connectivity index (χ3v) is 7.50. The molecule has 0 bridgehead atoms. The quantitative estimate of drug-likeness (QED) is 0.607. The highest BCUT2D eigenvalue weighted by atomic mass is 32.2. The van der Waals surface area contributed by atoms with Gasteiger partial charge >= 0.3 is 12.4 Å². The van der Waals surface area contributed by atoms with Crippen molar-refractivity contribution in [2.45, 2.75) is 35.8 Å². The number of hydrogen-bond donors (Lipinski definition) is 0. The molecule has 4 rings (SSSR count). The van der Waals surface area contributed by atoms with Crippen molar-refractivity contribution in [2.75, 3.05) is 26.2 Å². The van der Waals surface area contributed by atoms with Crippen LogP contribution in [-0.4, -0.2) is 60.9 Å². The first kappa shape index (κ1) is 23.8. The Morgan fingerprint density at radius 3 is 2.36 bits per heavy atom. The Morgan fingerprint density at radius 1 is 0.939 bits per heavy atom. The summed E-state index contributed by atoms with van der Waals surface area (Å²) in [5, 5.41) is 0. The topological polar surface area (TPSA) is 62.7 Å². The predicted molar refractivity (Wildman–Crippen MR) is 104 cm³/mol. The van der Waals surface area contributed by atoms with Crippen LogP contribution in [0, 0.1) is 0 Å². The van der Waals surface area contributed by atoms with E-state index >= 15 is 0 Å². The molecule has 13 heteroatoms. The molecule has 6 nitrogen and oxygen atoms in total. The molecular weight excluding hydrogens is 476 g/mol. The van der Waals surface area contributed by atoms with Crippen LogP contribution in [0.25, 0.3) is 0 Å². The third kappa shape index (κ3) is 5.09. The average Bonchev–Trinajstić information content (AvgIpc) is 3.14. The molecule has 0 unspecified atom stereocenters. The smallest absolute Gasteiger partial charge is 0.433 e. The summed E-state index contributed by atoms with van der Waals surface area (Å²) in [6, 6.07) is 6.65. The molecule has 2 saturated heterocycles. The van der Waals surface area contributed by atoms with E-state index in [0.717, 1.165) is 28.6 Å². The van der Waals surface area contributed by atoms with Gasteiger partial charge in [0.1, 0.15) is 11.8 Å². The van der Waals surface area contributed by atoms with Crippen molar-refractivity contribution in [3.63, 3.8) is 0 Å². The maximum absolute atomic E-state index is 13.0. The monoisotopic (exact) mass is 495 g/mol. The van der Waals surface area contributed by atoms with Crippen molar-refractivity contribution in [3.8, 4) is 5.88 Å². The zero-order valence-electron chi connectivity index (χ0n) is 17.0. The number of nitrogens with zero attached hydrogens (tertiary/aromatic N) is 3. The highest BCUT2D eigenvalue weighted by molar-refractivity contribution is 7.89. The number of aromatic nitrogens is 1. The Hall–Kier alpha value is -2.38. The van der Waals surface area contributed by atoms with Crippen LogP contribution in [0.5, 0.6) is 5.88 Å². The number of fused-ring (bicyclic) bond motifs is 1. The van der Waals surface area contributed by atoms with E-state index in [9.17, 15) is 34.8 Å². The van der Waals surface area contributed by atoms with Crippen molar-refractivity contribution in [1.82, 2.24) is 14.2 Å². The molecule has 0 radical (unpaired) electrons. The summed E-state index contributed by atoms with van der Waals surface area (Å²) in [5.41, 5.74) is -2.13. The first-order chi connectivity index (χ1) is 15.3. The van der Waals surface area contributed by atoms with Crippen LogP contribution in [0.3, 0.4) is 0 Å². The zero-order valence-corrected chi connectivity index (χ0v) is 17.8. The molecule has 0 N–H and O–H groups in total. The van der Waals surface area contributed by atoms with E-state index < -0.39 is 44.6 Å². The molecule has 180 valence electrons. The molecule has 1 aromatic heterocycles. The molecule has 0 saturated carbocycles. The Labute approximate surface area is 185 Å². The summed E-state index contributed by atoms with van der Waals surface area (Å²) < 4.78 is 110. The molecule has 3 heterocycles. The number of sulfonamides is 1. The third-order valence-electron chi connectivity index (χ3n) is 5.64. The molecule has 1 aromatic carbocycles. The number of pyridine rings is 1. The van der Waals surface area contributed by atoms with Gasteiger partial charge in [-0.2, -0.15) is 30.6 Å². The van der Waals surface area contributed by atoms with Gasteiger partial charge in [0.2, 0.25) is 15.9 Å². The number of hydrogen-bond acceptors (Lipinski definition) is 5. The predicted octanol–water partition coefficient (Wildman–Crippen LogP) is 3.65. The zero-order chi connectivity index (χ0) is 24.0. The molecule has 33 heavy (non-hydrogen) atoms. The van der Waals surface area contributed by atoms with Gasteiger partial charge in [0.05, 0.1) is 10.5 Å². The fourth-order valence-electron chi connectivity index (χ4n) is 4.06. The van der Waals surface area contributed by atoms with Crippen LogP contribution in [0.15, 0.2) is 47.4 Å². The molecule has 2 aromatic rings. The minimum absolute atomic E-state index is 0.0362. The minimum Gasteiger partial charge on any atom is -0.473 e. The van der Waals surface area contributed by atoms with Crippen LogP contribution in [0.1, 0.15) is 17.7 Å². The Balaban J connectivity index is 1.44. The first-order valence-electron chi connectivity index (χ1n) is 9.96. The van der Waals surface area contributed by atoms with Gasteiger partial charge in [0.25, 0.3) is 0 Å². The minimum atomic E-state index is -4.67. The van der Waals surface area contributed by atoms with E-state index in [1.165, 1.54) is 12.1 Å². The van der Waals surface area contributed by atoms with Crippen molar-refractivity contribution >= 4 is 10.0 Å². The van der Waals surface area contributed by atoms with Crippen LogP contribution in [0.2, 0.25) is 0 Å². The van der Waals surface area contributed by atoms with Gasteiger partial charge in [-0.15, -0.1) is 0 Å². The molecule has 0 amide bonds. The summed E-state index contributed by atoms with van der Waals surface area (Å²) in [5.74, 6) is -0.178. The lowest BCUT2D eigenvalue weighted by Gasteiger charge is -2.36. The number of benzene rings is 1. The van der Waals surface area contributed by atoms with E-state index in [1.807, 2.05) is 4.90 Å². The fourth-order valence-corrected chi connectivity index (χ4v) is 5.58. The van der Waals surface area contributed by atoms with Gasteiger partial charge in [-0.3, -0.25) is 4.90 Å². The van der Waals surface area contributed by atoms with E-state index in [4.69, 9.17) is 4.74 Å². The van der Waals surface area contributed by atoms with Gasteiger partial charge in [-0.05, 0) is 24.3 Å². The Bertz CT molecular complexity index is 1120. The number of ether oxygens (including phenoxy) is 1. The molecule has 0 aliphatic carbocycles. The standard InChI is InChI=1S/C20H19F6N3O3S/c21-19(22,23)13-3-1-4-16(9-13)33(30,31)29-8-7-28-12-15(10-14(28)11-29)32-18-6-2-5-17(27-18)20(24,25)26/h1-6,9,14-15H,7-8,10-12H2/t14-,15+/m0/s1. The van der Waals surface area contributed by atoms with Gasteiger partial charge < -0.3 is 4.74 Å². The van der Waals surface area contributed by atoms with Gasteiger partial charge in [0, 0.05) is 44.7 Å². The molecule has 2 aliphatic rings. The SMILES string of the molecule is O=S(=O)(c1cccc(C(F)(F)F)c1)N1CCN2C[C@H](Oc3cccc(C(F)(F)F)n3)C[C@H]2C1. The summed E-state index contributed by atoms with van der Waals surface area (Å²) in [7, 11) is -4.15.